The highest BCUT2D eigenvalue weighted by Crippen LogP contribution is 2.55. The maximum atomic E-state index is 13.4. The monoisotopic (exact) mass is 375 g/mol. The summed E-state index contributed by atoms with van der Waals surface area (Å²) in [5, 5.41) is 0. The number of ether oxygens (including phenoxy) is 2. The molecule has 0 aliphatic heterocycles. The van der Waals surface area contributed by atoms with Gasteiger partial charge in [0.2, 0.25) is 11.7 Å². The number of hydrogen-bond donors (Lipinski definition) is 0. The van der Waals surface area contributed by atoms with Crippen LogP contribution >= 0.6 is 0 Å². The van der Waals surface area contributed by atoms with Gasteiger partial charge in [0.25, 0.3) is 0 Å². The third-order valence-corrected chi connectivity index (χ3v) is 6.14. The van der Waals surface area contributed by atoms with Crippen LogP contribution in [0.4, 0.5) is 0 Å². The zero-order valence-electron chi connectivity index (χ0n) is 15.8. The average molecular weight is 375 g/mol. The first kappa shape index (κ1) is 17.3. The first-order valence-electron chi connectivity index (χ1n) is 9.45. The summed E-state index contributed by atoms with van der Waals surface area (Å²) in [5.41, 5.74) is 3.56. The van der Waals surface area contributed by atoms with Crippen LogP contribution in [0.2, 0.25) is 0 Å². The van der Waals surface area contributed by atoms with Crippen LogP contribution in [-0.2, 0) is 14.3 Å². The van der Waals surface area contributed by atoms with E-state index in [4.69, 9.17) is 13.9 Å². The Bertz CT molecular complexity index is 1030. The largest absolute Gasteiger partial charge is 0.436 e. The van der Waals surface area contributed by atoms with Gasteiger partial charge >= 0.3 is 0 Å². The van der Waals surface area contributed by atoms with Gasteiger partial charge < -0.3 is 13.9 Å². The number of carbonyl (C=O) groups excluding carboxylic acids is 1. The van der Waals surface area contributed by atoms with Crippen molar-refractivity contribution in [3.63, 3.8) is 0 Å². The maximum absolute atomic E-state index is 13.4. The van der Waals surface area contributed by atoms with Crippen molar-refractivity contribution in [2.75, 3.05) is 14.2 Å². The minimum atomic E-state index is -1.30. The van der Waals surface area contributed by atoms with Gasteiger partial charge in [-0.05, 0) is 30.0 Å². The molecule has 1 fully saturated rings. The maximum Gasteiger partial charge on any atom is 0.236 e. The molecule has 142 valence electrons. The number of rotatable bonds is 4. The molecule has 3 aromatic rings. The molecule has 0 spiro atoms. The summed E-state index contributed by atoms with van der Waals surface area (Å²) < 4.78 is 17.4. The Balaban J connectivity index is 1.65. The van der Waals surface area contributed by atoms with E-state index in [1.165, 1.54) is 14.2 Å². The van der Waals surface area contributed by atoms with Crippen molar-refractivity contribution in [1.29, 1.82) is 0 Å². The second-order valence-corrected chi connectivity index (χ2v) is 7.38. The molecule has 3 aliphatic carbocycles. The smallest absolute Gasteiger partial charge is 0.236 e. The van der Waals surface area contributed by atoms with Crippen molar-refractivity contribution in [1.82, 2.24) is 4.98 Å². The van der Waals surface area contributed by atoms with Crippen molar-refractivity contribution < 1.29 is 18.7 Å². The van der Waals surface area contributed by atoms with E-state index >= 15 is 0 Å². The van der Waals surface area contributed by atoms with E-state index in [9.17, 15) is 4.79 Å². The molecule has 1 heterocycles. The molecule has 1 saturated carbocycles. The van der Waals surface area contributed by atoms with Gasteiger partial charge in [-0.2, -0.15) is 0 Å². The van der Waals surface area contributed by atoms with Crippen LogP contribution in [-0.4, -0.2) is 30.8 Å². The first-order chi connectivity index (χ1) is 13.7. The molecule has 28 heavy (non-hydrogen) atoms. The second kappa shape index (κ2) is 6.40. The predicted octanol–water partition coefficient (Wildman–Crippen LogP) is 4.20. The fraction of sp³-hybridized carbons (Fsp3) is 0.304. The summed E-state index contributed by atoms with van der Waals surface area (Å²) in [4.78, 5) is 18.0. The standard InChI is InChI=1S/C23H21NO4/c1-26-23(27-2)18-13-15(14-8-4-3-5-9-14)16(21(23)25)12-17(18)22-24-19-10-6-7-11-20(19)28-22/h3-12,15-16,18H,13H2,1-2H3/t15-,16+,18+/m0/s1. The van der Waals surface area contributed by atoms with Gasteiger partial charge in [0.05, 0.1) is 5.92 Å². The van der Waals surface area contributed by atoms with Crippen molar-refractivity contribution in [3.05, 3.63) is 72.1 Å². The molecule has 0 amide bonds. The number of aromatic nitrogens is 1. The summed E-state index contributed by atoms with van der Waals surface area (Å²) in [6.45, 7) is 0. The Morgan fingerprint density at radius 2 is 1.75 bits per heavy atom. The highest BCUT2D eigenvalue weighted by Gasteiger charge is 2.60. The second-order valence-electron chi connectivity index (χ2n) is 7.38. The van der Waals surface area contributed by atoms with E-state index < -0.39 is 5.79 Å². The lowest BCUT2D eigenvalue weighted by Gasteiger charge is -2.50. The van der Waals surface area contributed by atoms with Crippen molar-refractivity contribution in [3.8, 4) is 0 Å². The molecule has 0 unspecified atom stereocenters. The topological polar surface area (TPSA) is 61.6 Å². The number of fused-ring (bicyclic) bond motifs is 3. The number of para-hydroxylation sites is 2. The van der Waals surface area contributed by atoms with E-state index in [0.717, 1.165) is 28.7 Å². The van der Waals surface area contributed by atoms with Crippen molar-refractivity contribution >= 4 is 22.5 Å². The van der Waals surface area contributed by atoms with Crippen LogP contribution in [0.15, 0.2) is 65.1 Å². The number of carbonyl (C=O) groups is 1. The van der Waals surface area contributed by atoms with Gasteiger partial charge in [-0.1, -0.05) is 48.5 Å². The molecule has 5 nitrogen and oxygen atoms in total. The lowest BCUT2D eigenvalue weighted by Crippen LogP contribution is -2.59. The van der Waals surface area contributed by atoms with Gasteiger partial charge in [0, 0.05) is 25.7 Å². The molecule has 5 heteroatoms. The lowest BCUT2D eigenvalue weighted by atomic mass is 9.60. The molecule has 6 rings (SSSR count). The van der Waals surface area contributed by atoms with Gasteiger partial charge in [-0.3, -0.25) is 4.79 Å². The number of nitrogens with zero attached hydrogens (tertiary/aromatic N) is 1. The minimum absolute atomic E-state index is 0.0394. The highest BCUT2D eigenvalue weighted by molar-refractivity contribution is 5.98. The minimum Gasteiger partial charge on any atom is -0.436 e. The van der Waals surface area contributed by atoms with E-state index in [-0.39, 0.29) is 23.5 Å². The Morgan fingerprint density at radius 3 is 2.46 bits per heavy atom. The van der Waals surface area contributed by atoms with Crippen LogP contribution in [0.5, 0.6) is 0 Å². The molecule has 0 N–H and O–H groups in total. The quantitative estimate of drug-likeness (QED) is 0.640. The Labute approximate surface area is 163 Å². The molecular weight excluding hydrogens is 354 g/mol. The zero-order chi connectivity index (χ0) is 19.3. The van der Waals surface area contributed by atoms with Gasteiger partial charge in [0.1, 0.15) is 5.52 Å². The molecular formula is C23H21NO4. The van der Waals surface area contributed by atoms with E-state index in [0.29, 0.717) is 5.89 Å². The van der Waals surface area contributed by atoms with Gasteiger partial charge in [0.15, 0.2) is 11.4 Å². The van der Waals surface area contributed by atoms with Crippen LogP contribution in [0.3, 0.4) is 0 Å². The van der Waals surface area contributed by atoms with Crippen LogP contribution in [0.25, 0.3) is 16.7 Å². The van der Waals surface area contributed by atoms with Crippen LogP contribution < -0.4 is 0 Å². The molecule has 1 aromatic heterocycles. The zero-order valence-corrected chi connectivity index (χ0v) is 15.8. The summed E-state index contributed by atoms with van der Waals surface area (Å²) in [7, 11) is 3.06. The number of Topliss-reactive ketones (excluding diaryl/α,β-unsaturated/α-hetero) is 1. The SMILES string of the molecule is COC1(OC)C(=O)[C@@H]2C=C(c3nc4ccccc4o3)[C@H]1C[C@H]2c1ccccc1. The lowest BCUT2D eigenvalue weighted by molar-refractivity contribution is -0.235. The van der Waals surface area contributed by atoms with Crippen LogP contribution in [0, 0.1) is 11.8 Å². The molecule has 2 aromatic carbocycles. The summed E-state index contributed by atoms with van der Waals surface area (Å²) >= 11 is 0. The Hall–Kier alpha value is -2.76. The van der Waals surface area contributed by atoms with E-state index in [1.54, 1.807) is 0 Å². The number of allylic oxidation sites excluding steroid dienone is 1. The number of ketones is 1. The van der Waals surface area contributed by atoms with E-state index in [1.807, 2.05) is 48.5 Å². The summed E-state index contributed by atoms with van der Waals surface area (Å²) in [5.74, 6) is -1.36. The Kier molecular flexibility index (Phi) is 3.96. The fourth-order valence-electron chi connectivity index (χ4n) is 4.80. The fourth-order valence-corrected chi connectivity index (χ4v) is 4.80. The van der Waals surface area contributed by atoms with Crippen LogP contribution in [0.1, 0.15) is 23.8 Å². The highest BCUT2D eigenvalue weighted by atomic mass is 16.7. The first-order valence-corrected chi connectivity index (χ1v) is 9.45. The molecule has 3 aliphatic rings. The van der Waals surface area contributed by atoms with Crippen molar-refractivity contribution in [2.45, 2.75) is 18.1 Å². The number of hydrogen-bond acceptors (Lipinski definition) is 5. The Morgan fingerprint density at radius 1 is 1.04 bits per heavy atom. The summed E-state index contributed by atoms with van der Waals surface area (Å²) in [6, 6.07) is 17.8. The van der Waals surface area contributed by atoms with Gasteiger partial charge in [-0.15, -0.1) is 0 Å². The third-order valence-electron chi connectivity index (χ3n) is 6.14. The normalized spacial score (nSPS) is 25.9. The molecule has 3 atom stereocenters. The molecule has 0 saturated heterocycles. The average Bonchev–Trinajstić information content (AvgIpc) is 3.19. The van der Waals surface area contributed by atoms with E-state index in [2.05, 4.69) is 17.1 Å². The summed E-state index contributed by atoms with van der Waals surface area (Å²) in [6.07, 6.45) is 2.74. The number of benzene rings is 2. The van der Waals surface area contributed by atoms with Crippen molar-refractivity contribution in [2.24, 2.45) is 11.8 Å². The van der Waals surface area contributed by atoms with Gasteiger partial charge in [-0.25, -0.2) is 4.98 Å². The number of methoxy groups -OCH3 is 2. The molecule has 0 radical (unpaired) electrons. The third kappa shape index (κ3) is 2.33. The number of oxazole rings is 1. The molecule has 2 bridgehead atoms. The predicted molar refractivity (Wildman–Crippen MR) is 105 cm³/mol.